The van der Waals surface area contributed by atoms with Crippen LogP contribution in [0.5, 0.6) is 0 Å². The van der Waals surface area contributed by atoms with Crippen molar-refractivity contribution in [1.82, 2.24) is 4.90 Å². The van der Waals surface area contributed by atoms with Gasteiger partial charge in [-0.15, -0.1) is 0 Å². The maximum Gasteiger partial charge on any atom is 0.409 e. The van der Waals surface area contributed by atoms with Crippen LogP contribution in [0.3, 0.4) is 0 Å². The molecule has 1 aliphatic carbocycles. The number of benzene rings is 1. The third kappa shape index (κ3) is 5.19. The van der Waals surface area contributed by atoms with Gasteiger partial charge in [0.2, 0.25) is 0 Å². The average Bonchev–Trinajstić information content (AvgIpc) is 2.67. The predicted molar refractivity (Wildman–Crippen MR) is 104 cm³/mol. The summed E-state index contributed by atoms with van der Waals surface area (Å²) in [6, 6.07) is 7.89. The topological polar surface area (TPSA) is 107 Å². The van der Waals surface area contributed by atoms with Gasteiger partial charge in [-0.3, -0.25) is 10.1 Å². The Kier molecular flexibility index (Phi) is 6.95. The van der Waals surface area contributed by atoms with E-state index in [1.54, 1.807) is 31.3 Å². The molecule has 0 heterocycles. The Morgan fingerprint density at radius 2 is 1.96 bits per heavy atom. The summed E-state index contributed by atoms with van der Waals surface area (Å²) in [6.45, 7) is 2.23. The second-order valence-corrected chi connectivity index (χ2v) is 8.76. The summed E-state index contributed by atoms with van der Waals surface area (Å²) >= 11 is 0. The molecule has 0 spiro atoms. The Morgan fingerprint density at radius 1 is 1.32 bits per heavy atom. The summed E-state index contributed by atoms with van der Waals surface area (Å²) in [5.41, 5.74) is 0.999. The van der Waals surface area contributed by atoms with Crippen LogP contribution >= 0.6 is 0 Å². The van der Waals surface area contributed by atoms with E-state index in [2.05, 4.69) is 4.74 Å². The normalized spacial score (nSPS) is 17.1. The summed E-state index contributed by atoms with van der Waals surface area (Å²) in [7, 11) is -0.820. The smallest absolute Gasteiger partial charge is 0.409 e. The lowest BCUT2D eigenvalue weighted by molar-refractivity contribution is -0.429. The Bertz CT molecular complexity index is 906. The molecule has 28 heavy (non-hydrogen) atoms. The lowest BCUT2D eigenvalue weighted by Crippen LogP contribution is -2.28. The number of hydrogen-bond acceptors (Lipinski definition) is 6. The van der Waals surface area contributed by atoms with Gasteiger partial charge in [0.05, 0.1) is 22.7 Å². The van der Waals surface area contributed by atoms with Crippen molar-refractivity contribution < 1.29 is 22.9 Å². The minimum atomic E-state index is -3.71. The third-order valence-electron chi connectivity index (χ3n) is 4.75. The molecule has 8 nitrogen and oxygen atoms in total. The SMILES string of the molecule is COC(=O)N(C)CCC1=CC(CS(=O)(=O)c2ccccc2)=C([N+](=O)[O-])CC1C. The van der Waals surface area contributed by atoms with E-state index in [0.717, 1.165) is 5.57 Å². The fraction of sp³-hybridized carbons (Fsp3) is 0.421. The van der Waals surface area contributed by atoms with Crippen LogP contribution in [-0.4, -0.2) is 50.8 Å². The van der Waals surface area contributed by atoms with Gasteiger partial charge < -0.3 is 9.64 Å². The number of sulfone groups is 1. The van der Waals surface area contributed by atoms with Crippen molar-refractivity contribution in [2.75, 3.05) is 26.5 Å². The Balaban J connectivity index is 2.30. The number of hydrogen-bond donors (Lipinski definition) is 0. The molecule has 0 N–H and O–H groups in total. The van der Waals surface area contributed by atoms with E-state index in [-0.39, 0.29) is 28.5 Å². The first kappa shape index (κ1) is 21.6. The molecule has 1 aromatic carbocycles. The molecular weight excluding hydrogens is 384 g/mol. The van der Waals surface area contributed by atoms with Crippen molar-refractivity contribution in [3.8, 4) is 0 Å². The largest absolute Gasteiger partial charge is 0.453 e. The summed E-state index contributed by atoms with van der Waals surface area (Å²) in [5.74, 6) is -0.550. The van der Waals surface area contributed by atoms with Gasteiger partial charge in [0, 0.05) is 25.6 Å². The van der Waals surface area contributed by atoms with Crippen molar-refractivity contribution in [1.29, 1.82) is 0 Å². The highest BCUT2D eigenvalue weighted by atomic mass is 32.2. The zero-order valence-corrected chi connectivity index (χ0v) is 16.9. The van der Waals surface area contributed by atoms with Crippen LogP contribution in [0.1, 0.15) is 19.8 Å². The van der Waals surface area contributed by atoms with Crippen molar-refractivity contribution >= 4 is 15.9 Å². The molecule has 0 aromatic heterocycles. The fourth-order valence-corrected chi connectivity index (χ4v) is 4.49. The zero-order chi connectivity index (χ0) is 20.9. The number of carbonyl (C=O) groups excluding carboxylic acids is 1. The van der Waals surface area contributed by atoms with Gasteiger partial charge in [-0.2, -0.15) is 0 Å². The summed E-state index contributed by atoms with van der Waals surface area (Å²) in [4.78, 5) is 24.0. The molecule has 1 unspecified atom stereocenters. The molecule has 0 aliphatic heterocycles. The third-order valence-corrected chi connectivity index (χ3v) is 6.43. The predicted octanol–water partition coefficient (Wildman–Crippen LogP) is 3.05. The molecule has 2 rings (SSSR count). The lowest BCUT2D eigenvalue weighted by Gasteiger charge is -2.23. The van der Waals surface area contributed by atoms with Gasteiger partial charge in [0.1, 0.15) is 0 Å². The van der Waals surface area contributed by atoms with Crippen LogP contribution in [0, 0.1) is 16.0 Å². The number of rotatable bonds is 7. The highest BCUT2D eigenvalue weighted by Gasteiger charge is 2.30. The molecule has 0 radical (unpaired) electrons. The Hall–Kier alpha value is -2.68. The molecule has 1 aromatic rings. The highest BCUT2D eigenvalue weighted by molar-refractivity contribution is 7.91. The van der Waals surface area contributed by atoms with Crippen molar-refractivity contribution in [3.63, 3.8) is 0 Å². The second kappa shape index (κ2) is 9.01. The number of amides is 1. The molecule has 9 heteroatoms. The van der Waals surface area contributed by atoms with Crippen LogP contribution in [0.4, 0.5) is 4.79 Å². The maximum absolute atomic E-state index is 12.7. The van der Waals surface area contributed by atoms with Crippen molar-refractivity contribution in [2.45, 2.75) is 24.7 Å². The first-order valence-corrected chi connectivity index (χ1v) is 10.4. The molecule has 0 fully saturated rings. The Labute approximate surface area is 164 Å². The van der Waals surface area contributed by atoms with Gasteiger partial charge in [-0.1, -0.05) is 36.8 Å². The quantitative estimate of drug-likeness (QED) is 0.507. The molecule has 0 saturated carbocycles. The van der Waals surface area contributed by atoms with Gasteiger partial charge in [0.25, 0.3) is 5.70 Å². The monoisotopic (exact) mass is 408 g/mol. The number of carbonyl (C=O) groups is 1. The van der Waals surface area contributed by atoms with Gasteiger partial charge in [-0.05, 0) is 24.5 Å². The van der Waals surface area contributed by atoms with Gasteiger partial charge >= 0.3 is 6.09 Å². The van der Waals surface area contributed by atoms with E-state index in [1.807, 2.05) is 6.92 Å². The van der Waals surface area contributed by atoms with E-state index in [4.69, 9.17) is 0 Å². The first-order chi connectivity index (χ1) is 13.2. The second-order valence-electron chi connectivity index (χ2n) is 6.77. The molecular formula is C19H24N2O6S. The van der Waals surface area contributed by atoms with Crippen LogP contribution in [0.15, 0.2) is 58.1 Å². The number of ether oxygens (including phenoxy) is 1. The van der Waals surface area contributed by atoms with E-state index >= 15 is 0 Å². The minimum absolute atomic E-state index is 0.0721. The minimum Gasteiger partial charge on any atom is -0.453 e. The number of nitro groups is 1. The summed E-state index contributed by atoms with van der Waals surface area (Å²) < 4.78 is 30.0. The zero-order valence-electron chi connectivity index (χ0n) is 16.1. The molecule has 1 aliphatic rings. The van der Waals surface area contributed by atoms with Crippen molar-refractivity contribution in [3.05, 3.63) is 63.4 Å². The molecule has 1 atom stereocenters. The lowest BCUT2D eigenvalue weighted by atomic mass is 9.86. The fourth-order valence-electron chi connectivity index (χ4n) is 3.10. The number of allylic oxidation sites excluding steroid dienone is 2. The van der Waals surface area contributed by atoms with E-state index in [1.165, 1.54) is 24.1 Å². The van der Waals surface area contributed by atoms with Gasteiger partial charge in [-0.25, -0.2) is 13.2 Å². The number of nitrogens with zero attached hydrogens (tertiary/aromatic N) is 2. The molecule has 1 amide bonds. The van der Waals surface area contributed by atoms with Crippen LogP contribution < -0.4 is 0 Å². The van der Waals surface area contributed by atoms with Gasteiger partial charge in [0.15, 0.2) is 9.84 Å². The van der Waals surface area contributed by atoms with E-state index in [9.17, 15) is 23.3 Å². The molecule has 0 bridgehead atoms. The standard InChI is InChI=1S/C19H24N2O6S/c1-14-11-18(21(23)24)16(12-15(14)9-10-20(2)19(22)27-3)13-28(25,26)17-7-5-4-6-8-17/h4-8,12,14H,9-11,13H2,1-3H3. The maximum atomic E-state index is 12.7. The first-order valence-electron chi connectivity index (χ1n) is 8.79. The average molecular weight is 408 g/mol. The summed E-state index contributed by atoms with van der Waals surface area (Å²) in [5, 5.41) is 11.5. The highest BCUT2D eigenvalue weighted by Crippen LogP contribution is 2.33. The van der Waals surface area contributed by atoms with E-state index in [0.29, 0.717) is 13.0 Å². The van der Waals surface area contributed by atoms with Crippen LogP contribution in [0.25, 0.3) is 0 Å². The summed E-state index contributed by atoms with van der Waals surface area (Å²) in [6.07, 6.45) is 1.77. The van der Waals surface area contributed by atoms with Crippen LogP contribution in [0.2, 0.25) is 0 Å². The Morgan fingerprint density at radius 3 is 2.54 bits per heavy atom. The molecule has 0 saturated heterocycles. The molecule has 152 valence electrons. The number of methoxy groups -OCH3 is 1. The van der Waals surface area contributed by atoms with E-state index < -0.39 is 26.6 Å². The van der Waals surface area contributed by atoms with Crippen molar-refractivity contribution in [2.24, 2.45) is 5.92 Å². The van der Waals surface area contributed by atoms with Crippen LogP contribution in [-0.2, 0) is 14.6 Å².